The first kappa shape index (κ1) is 16.7. The van der Waals surface area contributed by atoms with Gasteiger partial charge in [0.25, 0.3) is 5.91 Å². The van der Waals surface area contributed by atoms with Crippen LogP contribution in [0.4, 0.5) is 5.69 Å². The lowest BCUT2D eigenvalue weighted by molar-refractivity contribution is -0.120. The number of para-hydroxylation sites is 3. The Bertz CT molecular complexity index is 671. The average Bonchev–Trinajstić information content (AvgIpc) is 3.13. The van der Waals surface area contributed by atoms with E-state index < -0.39 is 0 Å². The number of hydrogen-bond donors (Lipinski definition) is 1. The number of benzene rings is 2. The normalized spacial score (nSPS) is 16.8. The lowest BCUT2D eigenvalue weighted by Crippen LogP contribution is -2.39. The van der Waals surface area contributed by atoms with E-state index in [1.165, 1.54) is 6.42 Å². The molecule has 126 valence electrons. The van der Waals surface area contributed by atoms with E-state index in [1.807, 2.05) is 42.1 Å². The Kier molecular flexibility index (Phi) is 5.64. The molecule has 1 saturated heterocycles. The second kappa shape index (κ2) is 8.11. The van der Waals surface area contributed by atoms with Crippen LogP contribution in [0.25, 0.3) is 0 Å². The van der Waals surface area contributed by atoms with Crippen molar-refractivity contribution in [3.63, 3.8) is 0 Å². The fourth-order valence-corrected chi connectivity index (χ4v) is 4.00. The van der Waals surface area contributed by atoms with Gasteiger partial charge < -0.3 is 14.7 Å². The van der Waals surface area contributed by atoms with Gasteiger partial charge in [-0.3, -0.25) is 4.79 Å². The molecule has 2 aromatic rings. The summed E-state index contributed by atoms with van der Waals surface area (Å²) in [5.41, 5.74) is 0.885. The maximum atomic E-state index is 12.7. The summed E-state index contributed by atoms with van der Waals surface area (Å²) in [6.07, 6.45) is 2.35. The molecule has 1 atom stereocenters. The first-order valence-electron chi connectivity index (χ1n) is 8.12. The van der Waals surface area contributed by atoms with Crippen LogP contribution in [0, 0.1) is 0 Å². The maximum absolute atomic E-state index is 12.7. The van der Waals surface area contributed by atoms with Crippen LogP contribution in [-0.4, -0.2) is 35.2 Å². The van der Waals surface area contributed by atoms with Crippen LogP contribution in [0.15, 0.2) is 54.6 Å². The third-order valence-electron chi connectivity index (χ3n) is 4.00. The number of phenols is 1. The summed E-state index contributed by atoms with van der Waals surface area (Å²) >= 11 is 1.92. The summed E-state index contributed by atoms with van der Waals surface area (Å²) in [7, 11) is 0. The number of phenolic OH excluding ortho intramolecular Hbond substituents is 1. The van der Waals surface area contributed by atoms with Crippen molar-refractivity contribution in [2.24, 2.45) is 0 Å². The molecule has 0 spiro atoms. The number of nitrogens with zero attached hydrogens (tertiary/aromatic N) is 1. The monoisotopic (exact) mass is 343 g/mol. The number of carbonyl (C=O) groups excluding carboxylic acids is 1. The third kappa shape index (κ3) is 4.23. The topological polar surface area (TPSA) is 49.8 Å². The Morgan fingerprint density at radius 3 is 2.62 bits per heavy atom. The van der Waals surface area contributed by atoms with Gasteiger partial charge in [-0.1, -0.05) is 30.3 Å². The second-order valence-electron chi connectivity index (χ2n) is 5.73. The van der Waals surface area contributed by atoms with Crippen molar-refractivity contribution in [1.82, 2.24) is 0 Å². The highest BCUT2D eigenvalue weighted by atomic mass is 32.2. The highest BCUT2D eigenvalue weighted by Gasteiger charge is 2.24. The average molecular weight is 343 g/mol. The van der Waals surface area contributed by atoms with E-state index in [9.17, 15) is 9.90 Å². The number of amides is 1. The molecule has 1 amide bonds. The summed E-state index contributed by atoms with van der Waals surface area (Å²) in [5.74, 6) is 1.43. The van der Waals surface area contributed by atoms with E-state index in [0.29, 0.717) is 17.5 Å². The van der Waals surface area contributed by atoms with E-state index in [1.54, 1.807) is 29.2 Å². The molecule has 0 aliphatic carbocycles. The number of thioether (sulfide) groups is 1. The van der Waals surface area contributed by atoms with Crippen LogP contribution in [0.1, 0.15) is 12.8 Å². The van der Waals surface area contributed by atoms with Crippen molar-refractivity contribution in [3.05, 3.63) is 54.6 Å². The fraction of sp³-hybridized carbons (Fsp3) is 0.316. The molecule has 0 aromatic heterocycles. The van der Waals surface area contributed by atoms with Gasteiger partial charge in [0.15, 0.2) is 18.1 Å². The van der Waals surface area contributed by atoms with Crippen LogP contribution in [0.2, 0.25) is 0 Å². The zero-order chi connectivity index (χ0) is 16.8. The second-order valence-corrected chi connectivity index (χ2v) is 7.14. The number of anilines is 1. The molecule has 4 nitrogen and oxygen atoms in total. The van der Waals surface area contributed by atoms with Crippen molar-refractivity contribution in [2.45, 2.75) is 18.1 Å². The van der Waals surface area contributed by atoms with Crippen LogP contribution in [0.5, 0.6) is 11.5 Å². The van der Waals surface area contributed by atoms with Gasteiger partial charge in [-0.15, -0.1) is 0 Å². The Balaban J connectivity index is 1.69. The van der Waals surface area contributed by atoms with Gasteiger partial charge in [-0.2, -0.15) is 11.8 Å². The van der Waals surface area contributed by atoms with E-state index in [2.05, 4.69) is 0 Å². The number of carbonyl (C=O) groups is 1. The minimum absolute atomic E-state index is 0.0444. The van der Waals surface area contributed by atoms with Crippen LogP contribution in [0.3, 0.4) is 0 Å². The zero-order valence-electron chi connectivity index (χ0n) is 13.4. The molecular weight excluding hydrogens is 322 g/mol. The van der Waals surface area contributed by atoms with Gasteiger partial charge in [-0.25, -0.2) is 0 Å². The van der Waals surface area contributed by atoms with Gasteiger partial charge in [-0.05, 0) is 42.9 Å². The zero-order valence-corrected chi connectivity index (χ0v) is 14.2. The molecule has 3 rings (SSSR count). The number of ether oxygens (including phenoxy) is 1. The third-order valence-corrected chi connectivity index (χ3v) is 5.38. The quantitative estimate of drug-likeness (QED) is 0.869. The Labute approximate surface area is 146 Å². The van der Waals surface area contributed by atoms with Crippen LogP contribution < -0.4 is 9.64 Å². The molecule has 1 aliphatic rings. The molecule has 1 aliphatic heterocycles. The molecule has 1 N–H and O–H groups in total. The largest absolute Gasteiger partial charge is 0.504 e. The molecule has 1 fully saturated rings. The van der Waals surface area contributed by atoms with Gasteiger partial charge in [0, 0.05) is 17.5 Å². The van der Waals surface area contributed by atoms with Crippen molar-refractivity contribution in [3.8, 4) is 11.5 Å². The Morgan fingerprint density at radius 1 is 1.17 bits per heavy atom. The summed E-state index contributed by atoms with van der Waals surface area (Å²) < 4.78 is 5.52. The lowest BCUT2D eigenvalue weighted by Gasteiger charge is -2.25. The predicted octanol–water partition coefficient (Wildman–Crippen LogP) is 3.70. The van der Waals surface area contributed by atoms with Gasteiger partial charge >= 0.3 is 0 Å². The molecule has 0 radical (unpaired) electrons. The molecule has 5 heteroatoms. The number of aromatic hydroxyl groups is 1. The van der Waals surface area contributed by atoms with E-state index >= 15 is 0 Å². The standard InChI is InChI=1S/C19H21NO3S/c21-17-10-4-5-11-18(17)23-14-19(22)20(13-16-9-6-12-24-16)15-7-2-1-3-8-15/h1-5,7-8,10-11,16,21H,6,9,12-14H2. The molecule has 1 heterocycles. The molecule has 1 unspecified atom stereocenters. The SMILES string of the molecule is O=C(COc1ccccc1O)N(CC1CCCS1)c1ccccc1. The van der Waals surface area contributed by atoms with Gasteiger partial charge in [0.1, 0.15) is 0 Å². The fourth-order valence-electron chi connectivity index (χ4n) is 2.75. The van der Waals surface area contributed by atoms with Crippen molar-refractivity contribution < 1.29 is 14.6 Å². The molecule has 0 saturated carbocycles. The molecule has 2 aromatic carbocycles. The smallest absolute Gasteiger partial charge is 0.264 e. The summed E-state index contributed by atoms with van der Waals surface area (Å²) in [6, 6.07) is 16.4. The summed E-state index contributed by atoms with van der Waals surface area (Å²) in [6.45, 7) is 0.599. The van der Waals surface area contributed by atoms with Crippen molar-refractivity contribution in [1.29, 1.82) is 0 Å². The minimum atomic E-state index is -0.100. The lowest BCUT2D eigenvalue weighted by atomic mass is 10.2. The summed E-state index contributed by atoms with van der Waals surface area (Å²) in [5, 5.41) is 10.2. The highest BCUT2D eigenvalue weighted by Crippen LogP contribution is 2.29. The first-order valence-corrected chi connectivity index (χ1v) is 9.17. The molecular formula is C19H21NO3S. The van der Waals surface area contributed by atoms with Gasteiger partial charge in [0.2, 0.25) is 0 Å². The van der Waals surface area contributed by atoms with Crippen LogP contribution in [-0.2, 0) is 4.79 Å². The van der Waals surface area contributed by atoms with Crippen molar-refractivity contribution in [2.75, 3.05) is 23.8 Å². The van der Waals surface area contributed by atoms with E-state index in [4.69, 9.17) is 4.74 Å². The minimum Gasteiger partial charge on any atom is -0.504 e. The highest BCUT2D eigenvalue weighted by molar-refractivity contribution is 8.00. The Hall–Kier alpha value is -2.14. The molecule has 24 heavy (non-hydrogen) atoms. The first-order chi connectivity index (χ1) is 11.7. The van der Waals surface area contributed by atoms with Crippen molar-refractivity contribution >= 4 is 23.4 Å². The molecule has 0 bridgehead atoms. The van der Waals surface area contributed by atoms with E-state index in [0.717, 1.165) is 17.9 Å². The maximum Gasteiger partial charge on any atom is 0.264 e. The van der Waals surface area contributed by atoms with Crippen LogP contribution >= 0.6 is 11.8 Å². The van der Waals surface area contributed by atoms with Gasteiger partial charge in [0.05, 0.1) is 0 Å². The number of rotatable bonds is 6. The predicted molar refractivity (Wildman–Crippen MR) is 97.9 cm³/mol. The van der Waals surface area contributed by atoms with E-state index in [-0.39, 0.29) is 18.3 Å². The Morgan fingerprint density at radius 2 is 1.92 bits per heavy atom. The number of hydrogen-bond acceptors (Lipinski definition) is 4. The summed E-state index contributed by atoms with van der Waals surface area (Å²) in [4.78, 5) is 14.5.